The smallest absolute Gasteiger partial charge is 0.262 e. The van der Waals surface area contributed by atoms with Crippen molar-refractivity contribution in [3.05, 3.63) is 52.5 Å². The number of rotatable bonds is 5. The number of carbonyl (C=O) groups excluding carboxylic acids is 1. The normalized spacial score (nSPS) is 14.2. The van der Waals surface area contributed by atoms with E-state index in [-0.39, 0.29) is 12.5 Å². The molecule has 1 N–H and O–H groups in total. The second-order valence-corrected chi connectivity index (χ2v) is 6.83. The largest absolute Gasteiger partial charge is 0.484 e. The van der Waals surface area contributed by atoms with Crippen molar-refractivity contribution < 1.29 is 14.3 Å². The van der Waals surface area contributed by atoms with Gasteiger partial charge in [-0.25, -0.2) is 0 Å². The molecule has 5 nitrogen and oxygen atoms in total. The maximum absolute atomic E-state index is 12.1. The topological polar surface area (TPSA) is 50.8 Å². The van der Waals surface area contributed by atoms with Gasteiger partial charge >= 0.3 is 0 Å². The van der Waals surface area contributed by atoms with Crippen molar-refractivity contribution >= 4 is 28.9 Å². The van der Waals surface area contributed by atoms with Gasteiger partial charge in [0.05, 0.1) is 23.9 Å². The van der Waals surface area contributed by atoms with E-state index in [9.17, 15) is 4.79 Å². The maximum atomic E-state index is 12.1. The number of nitrogens with zero attached hydrogens (tertiary/aromatic N) is 1. The monoisotopic (exact) mass is 374 g/mol. The molecule has 0 bridgehead atoms. The lowest BCUT2D eigenvalue weighted by atomic mass is 10.1. The molecule has 6 heteroatoms. The second-order valence-electron chi connectivity index (χ2n) is 6.43. The zero-order chi connectivity index (χ0) is 18.5. The fraction of sp³-hybridized carbons (Fsp3) is 0.350. The van der Waals surface area contributed by atoms with E-state index < -0.39 is 0 Å². The molecule has 1 saturated heterocycles. The third-order valence-corrected chi connectivity index (χ3v) is 4.45. The van der Waals surface area contributed by atoms with Crippen LogP contribution in [0.15, 0.2) is 36.4 Å². The van der Waals surface area contributed by atoms with Crippen LogP contribution < -0.4 is 15.0 Å². The molecule has 1 heterocycles. The summed E-state index contributed by atoms with van der Waals surface area (Å²) in [5.41, 5.74) is 3.82. The van der Waals surface area contributed by atoms with Crippen LogP contribution in [0.4, 0.5) is 11.4 Å². The minimum Gasteiger partial charge on any atom is -0.484 e. The highest BCUT2D eigenvalue weighted by Crippen LogP contribution is 2.29. The molecular weight excluding hydrogens is 352 g/mol. The first-order valence-electron chi connectivity index (χ1n) is 8.64. The summed E-state index contributed by atoms with van der Waals surface area (Å²) in [5.74, 6) is 0.470. The van der Waals surface area contributed by atoms with Crippen LogP contribution in [0, 0.1) is 13.8 Å². The Morgan fingerprint density at radius 2 is 1.85 bits per heavy atom. The summed E-state index contributed by atoms with van der Waals surface area (Å²) in [6, 6.07) is 11.4. The number of aryl methyl sites for hydroxylation is 2. The van der Waals surface area contributed by atoms with Gasteiger partial charge in [0, 0.05) is 18.8 Å². The number of hydrogen-bond acceptors (Lipinski definition) is 4. The van der Waals surface area contributed by atoms with Crippen molar-refractivity contribution in [2.24, 2.45) is 0 Å². The van der Waals surface area contributed by atoms with Gasteiger partial charge < -0.3 is 19.7 Å². The molecule has 1 amide bonds. The summed E-state index contributed by atoms with van der Waals surface area (Å²) >= 11 is 6.39. The maximum Gasteiger partial charge on any atom is 0.262 e. The summed E-state index contributed by atoms with van der Waals surface area (Å²) in [7, 11) is 0. The summed E-state index contributed by atoms with van der Waals surface area (Å²) in [6.07, 6.45) is 0. The molecule has 0 saturated carbocycles. The zero-order valence-electron chi connectivity index (χ0n) is 15.0. The molecule has 0 aliphatic carbocycles. The van der Waals surface area contributed by atoms with Gasteiger partial charge in [0.1, 0.15) is 5.75 Å². The summed E-state index contributed by atoms with van der Waals surface area (Å²) < 4.78 is 10.9. The number of hydrogen-bond donors (Lipinski definition) is 1. The van der Waals surface area contributed by atoms with Crippen LogP contribution in [0.1, 0.15) is 11.1 Å². The van der Waals surface area contributed by atoms with E-state index in [4.69, 9.17) is 21.1 Å². The van der Waals surface area contributed by atoms with Gasteiger partial charge in [0.15, 0.2) is 6.61 Å². The molecule has 1 aliphatic rings. The molecule has 0 radical (unpaired) electrons. The predicted octanol–water partition coefficient (Wildman–Crippen LogP) is 3.81. The highest BCUT2D eigenvalue weighted by atomic mass is 35.5. The Labute approximate surface area is 158 Å². The summed E-state index contributed by atoms with van der Waals surface area (Å²) in [4.78, 5) is 14.3. The number of anilines is 2. The Morgan fingerprint density at radius 1 is 1.15 bits per heavy atom. The van der Waals surface area contributed by atoms with E-state index in [1.165, 1.54) is 0 Å². The van der Waals surface area contributed by atoms with Crippen LogP contribution in [0.2, 0.25) is 5.02 Å². The Hall–Kier alpha value is -2.24. The minimum atomic E-state index is -0.223. The lowest BCUT2D eigenvalue weighted by Crippen LogP contribution is -2.36. The first kappa shape index (κ1) is 18.5. The van der Waals surface area contributed by atoms with Crippen LogP contribution >= 0.6 is 11.6 Å². The van der Waals surface area contributed by atoms with E-state index in [1.807, 2.05) is 38.1 Å². The Morgan fingerprint density at radius 3 is 2.50 bits per heavy atom. The molecule has 138 valence electrons. The van der Waals surface area contributed by atoms with E-state index >= 15 is 0 Å². The van der Waals surface area contributed by atoms with Crippen LogP contribution in [0.25, 0.3) is 0 Å². The van der Waals surface area contributed by atoms with Gasteiger partial charge in [-0.15, -0.1) is 0 Å². The molecule has 0 spiro atoms. The number of carbonyl (C=O) groups is 1. The standard InChI is InChI=1S/C20H23ClN2O3/c1-14-9-15(2)11-17(10-14)26-13-20(24)22-16-3-4-19(18(21)12-16)23-5-7-25-8-6-23/h3-4,9-12H,5-8,13H2,1-2H3,(H,22,24). The third-order valence-electron chi connectivity index (χ3n) is 4.15. The number of amides is 1. The predicted molar refractivity (Wildman–Crippen MR) is 105 cm³/mol. The second kappa shape index (κ2) is 8.43. The molecule has 0 atom stereocenters. The van der Waals surface area contributed by atoms with E-state index in [0.29, 0.717) is 29.7 Å². The minimum absolute atomic E-state index is 0.0499. The SMILES string of the molecule is Cc1cc(C)cc(OCC(=O)Nc2ccc(N3CCOCC3)c(Cl)c2)c1. The molecule has 26 heavy (non-hydrogen) atoms. The number of ether oxygens (including phenoxy) is 2. The molecular formula is C20H23ClN2O3. The van der Waals surface area contributed by atoms with E-state index in [2.05, 4.69) is 16.3 Å². The number of nitrogens with one attached hydrogen (secondary N) is 1. The first-order valence-corrected chi connectivity index (χ1v) is 9.02. The number of halogens is 1. The molecule has 0 unspecified atom stereocenters. The van der Waals surface area contributed by atoms with E-state index in [0.717, 1.165) is 29.9 Å². The van der Waals surface area contributed by atoms with Crippen molar-refractivity contribution in [2.75, 3.05) is 43.1 Å². The molecule has 1 fully saturated rings. The van der Waals surface area contributed by atoms with Crippen molar-refractivity contribution in [1.82, 2.24) is 0 Å². The van der Waals surface area contributed by atoms with Crippen LogP contribution in [-0.4, -0.2) is 38.8 Å². The van der Waals surface area contributed by atoms with Crippen molar-refractivity contribution in [1.29, 1.82) is 0 Å². The fourth-order valence-corrected chi connectivity index (χ4v) is 3.31. The summed E-state index contributed by atoms with van der Waals surface area (Å²) in [6.45, 7) is 6.97. The zero-order valence-corrected chi connectivity index (χ0v) is 15.8. The Kier molecular flexibility index (Phi) is 6.01. The van der Waals surface area contributed by atoms with Gasteiger partial charge in [-0.2, -0.15) is 0 Å². The highest BCUT2D eigenvalue weighted by Gasteiger charge is 2.15. The lowest BCUT2D eigenvalue weighted by Gasteiger charge is -2.29. The van der Waals surface area contributed by atoms with Gasteiger partial charge in [0.25, 0.3) is 5.91 Å². The third kappa shape index (κ3) is 4.90. The Bertz CT molecular complexity index is 768. The van der Waals surface area contributed by atoms with Gasteiger partial charge in [0.2, 0.25) is 0 Å². The molecule has 1 aliphatic heterocycles. The average molecular weight is 375 g/mol. The van der Waals surface area contributed by atoms with Crippen LogP contribution in [-0.2, 0) is 9.53 Å². The van der Waals surface area contributed by atoms with Crippen molar-refractivity contribution in [3.8, 4) is 5.75 Å². The summed E-state index contributed by atoms with van der Waals surface area (Å²) in [5, 5.41) is 3.43. The van der Waals surface area contributed by atoms with Crippen LogP contribution in [0.5, 0.6) is 5.75 Å². The Balaban J connectivity index is 1.57. The molecule has 2 aromatic rings. The van der Waals surface area contributed by atoms with Gasteiger partial charge in [-0.3, -0.25) is 4.79 Å². The quantitative estimate of drug-likeness (QED) is 0.864. The first-order chi connectivity index (χ1) is 12.5. The molecule has 0 aromatic heterocycles. The average Bonchev–Trinajstić information content (AvgIpc) is 2.60. The van der Waals surface area contributed by atoms with Crippen LogP contribution in [0.3, 0.4) is 0 Å². The number of morpholine rings is 1. The van der Waals surface area contributed by atoms with E-state index in [1.54, 1.807) is 6.07 Å². The van der Waals surface area contributed by atoms with Gasteiger partial charge in [-0.05, 0) is 55.3 Å². The molecule has 2 aromatic carbocycles. The number of benzene rings is 2. The van der Waals surface area contributed by atoms with Gasteiger partial charge in [-0.1, -0.05) is 17.7 Å². The fourth-order valence-electron chi connectivity index (χ4n) is 3.01. The molecule has 3 rings (SSSR count). The van der Waals surface area contributed by atoms with Crippen molar-refractivity contribution in [3.63, 3.8) is 0 Å². The lowest BCUT2D eigenvalue weighted by molar-refractivity contribution is -0.118. The highest BCUT2D eigenvalue weighted by molar-refractivity contribution is 6.33. The van der Waals surface area contributed by atoms with Crippen molar-refractivity contribution in [2.45, 2.75) is 13.8 Å².